The maximum Gasteiger partial charge on any atom is 0.00671 e. The van der Waals surface area contributed by atoms with E-state index in [1.807, 2.05) is 0 Å². The lowest BCUT2D eigenvalue weighted by Crippen LogP contribution is -2.29. The summed E-state index contributed by atoms with van der Waals surface area (Å²) in [6.07, 6.45) is 27.8. The van der Waals surface area contributed by atoms with Gasteiger partial charge < -0.3 is 11.5 Å². The highest BCUT2D eigenvalue weighted by Gasteiger charge is 2.20. The Kier molecular flexibility index (Phi) is 12.0. The molecule has 2 unspecified atom stereocenters. The van der Waals surface area contributed by atoms with Crippen LogP contribution in [0.4, 0.5) is 0 Å². The van der Waals surface area contributed by atoms with Crippen molar-refractivity contribution in [1.29, 1.82) is 0 Å². The Balaban J connectivity index is 1.41. The minimum atomic E-state index is 0.477. The van der Waals surface area contributed by atoms with Crippen molar-refractivity contribution in [3.63, 3.8) is 0 Å². The van der Waals surface area contributed by atoms with Gasteiger partial charge in [0, 0.05) is 12.1 Å². The first-order chi connectivity index (χ1) is 12.8. The molecule has 26 heavy (non-hydrogen) atoms. The van der Waals surface area contributed by atoms with E-state index in [0.29, 0.717) is 12.1 Å². The third-order valence-corrected chi connectivity index (χ3v) is 7.34. The molecule has 0 spiro atoms. The zero-order valence-corrected chi connectivity index (χ0v) is 17.6. The summed E-state index contributed by atoms with van der Waals surface area (Å²) in [5.41, 5.74) is 13.0. The van der Waals surface area contributed by atoms with E-state index in [9.17, 15) is 0 Å². The third-order valence-electron chi connectivity index (χ3n) is 7.34. The zero-order chi connectivity index (χ0) is 18.5. The van der Waals surface area contributed by atoms with Crippen molar-refractivity contribution in [2.45, 2.75) is 141 Å². The highest BCUT2D eigenvalue weighted by Crippen LogP contribution is 2.28. The lowest BCUT2D eigenvalue weighted by molar-refractivity contribution is 0.344. The molecular formula is C24H48N2. The van der Waals surface area contributed by atoms with Gasteiger partial charge in [-0.15, -0.1) is 0 Å². The van der Waals surface area contributed by atoms with Crippen LogP contribution < -0.4 is 11.5 Å². The van der Waals surface area contributed by atoms with Crippen LogP contribution in [0.5, 0.6) is 0 Å². The van der Waals surface area contributed by atoms with Crippen LogP contribution >= 0.6 is 0 Å². The minimum Gasteiger partial charge on any atom is -0.327 e. The molecular weight excluding hydrogens is 316 g/mol. The average molecular weight is 365 g/mol. The molecule has 0 bridgehead atoms. The van der Waals surface area contributed by atoms with Crippen LogP contribution in [0.2, 0.25) is 0 Å². The summed E-state index contributed by atoms with van der Waals surface area (Å²) in [5, 5.41) is 0. The SMILES string of the molecule is NC(CCCCCCCCC(N)C1CCCCCC1)C1CCCCCC1. The second-order valence-electron chi connectivity index (χ2n) is 9.53. The molecule has 2 aliphatic carbocycles. The Morgan fingerprint density at radius 1 is 0.462 bits per heavy atom. The molecule has 0 saturated heterocycles. The predicted octanol–water partition coefficient (Wildman–Crippen LogP) is 6.70. The molecule has 2 nitrogen and oxygen atoms in total. The quantitative estimate of drug-likeness (QED) is 0.316. The Labute approximate surface area is 164 Å². The summed E-state index contributed by atoms with van der Waals surface area (Å²) in [5.74, 6) is 1.64. The van der Waals surface area contributed by atoms with Gasteiger partial charge in [-0.05, 0) is 50.4 Å². The van der Waals surface area contributed by atoms with E-state index in [-0.39, 0.29) is 0 Å². The average Bonchev–Trinajstić information content (AvgIpc) is 3.08. The number of rotatable bonds is 11. The van der Waals surface area contributed by atoms with E-state index in [0.717, 1.165) is 11.8 Å². The van der Waals surface area contributed by atoms with Gasteiger partial charge in [0.25, 0.3) is 0 Å². The standard InChI is InChI=1S/C24H48N2/c25-23(21-15-9-5-6-10-16-21)19-13-3-1-2-4-14-20-24(26)22-17-11-7-8-12-18-22/h21-24H,1-20,25-26H2. The number of hydrogen-bond acceptors (Lipinski definition) is 2. The Hall–Kier alpha value is -0.0800. The molecule has 0 radical (unpaired) electrons. The Morgan fingerprint density at radius 2 is 0.769 bits per heavy atom. The van der Waals surface area contributed by atoms with Gasteiger partial charge in [0.2, 0.25) is 0 Å². The van der Waals surface area contributed by atoms with Gasteiger partial charge in [-0.3, -0.25) is 0 Å². The number of unbranched alkanes of at least 4 members (excludes halogenated alkanes) is 5. The molecule has 2 aliphatic rings. The molecule has 0 aliphatic heterocycles. The van der Waals surface area contributed by atoms with Crippen molar-refractivity contribution in [2.24, 2.45) is 23.3 Å². The molecule has 0 aromatic carbocycles. The van der Waals surface area contributed by atoms with Gasteiger partial charge in [-0.1, -0.05) is 89.9 Å². The maximum absolute atomic E-state index is 6.48. The predicted molar refractivity (Wildman–Crippen MR) is 115 cm³/mol. The smallest absolute Gasteiger partial charge is 0.00671 e. The molecule has 154 valence electrons. The maximum atomic E-state index is 6.48. The summed E-state index contributed by atoms with van der Waals surface area (Å²) >= 11 is 0. The lowest BCUT2D eigenvalue weighted by Gasteiger charge is -2.22. The van der Waals surface area contributed by atoms with Gasteiger partial charge >= 0.3 is 0 Å². The fraction of sp³-hybridized carbons (Fsp3) is 1.00. The van der Waals surface area contributed by atoms with Crippen molar-refractivity contribution in [3.05, 3.63) is 0 Å². The van der Waals surface area contributed by atoms with Crippen LogP contribution in [0.25, 0.3) is 0 Å². The molecule has 2 rings (SSSR count). The largest absolute Gasteiger partial charge is 0.327 e. The van der Waals surface area contributed by atoms with Gasteiger partial charge in [0.15, 0.2) is 0 Å². The van der Waals surface area contributed by atoms with Gasteiger partial charge in [0.05, 0.1) is 0 Å². The van der Waals surface area contributed by atoms with Crippen LogP contribution in [0.1, 0.15) is 128 Å². The molecule has 2 fully saturated rings. The minimum absolute atomic E-state index is 0.477. The first-order valence-electron chi connectivity index (χ1n) is 12.3. The summed E-state index contributed by atoms with van der Waals surface area (Å²) in [6.45, 7) is 0. The summed E-state index contributed by atoms with van der Waals surface area (Å²) in [6, 6.07) is 0.955. The molecule has 0 amide bonds. The Bertz CT molecular complexity index is 282. The van der Waals surface area contributed by atoms with E-state index in [1.165, 1.54) is 128 Å². The molecule has 4 N–H and O–H groups in total. The molecule has 0 aromatic rings. The first-order valence-corrected chi connectivity index (χ1v) is 12.3. The molecule has 0 heterocycles. The Morgan fingerprint density at radius 3 is 1.12 bits per heavy atom. The van der Waals surface area contributed by atoms with E-state index < -0.39 is 0 Å². The van der Waals surface area contributed by atoms with Crippen LogP contribution in [0.15, 0.2) is 0 Å². The third kappa shape index (κ3) is 9.22. The van der Waals surface area contributed by atoms with Gasteiger partial charge in [-0.2, -0.15) is 0 Å². The topological polar surface area (TPSA) is 52.0 Å². The monoisotopic (exact) mass is 364 g/mol. The molecule has 2 heteroatoms. The second kappa shape index (κ2) is 14.0. The number of nitrogens with two attached hydrogens (primary N) is 2. The van der Waals surface area contributed by atoms with E-state index in [2.05, 4.69) is 0 Å². The van der Waals surface area contributed by atoms with E-state index >= 15 is 0 Å². The highest BCUT2D eigenvalue weighted by molar-refractivity contribution is 4.76. The summed E-state index contributed by atoms with van der Waals surface area (Å²) < 4.78 is 0. The molecule has 2 atom stereocenters. The fourth-order valence-electron chi connectivity index (χ4n) is 5.42. The van der Waals surface area contributed by atoms with Crippen LogP contribution in [-0.2, 0) is 0 Å². The number of hydrogen-bond donors (Lipinski definition) is 2. The second-order valence-corrected chi connectivity index (χ2v) is 9.53. The van der Waals surface area contributed by atoms with Gasteiger partial charge in [0.1, 0.15) is 0 Å². The highest BCUT2D eigenvalue weighted by atomic mass is 14.7. The van der Waals surface area contributed by atoms with Gasteiger partial charge in [-0.25, -0.2) is 0 Å². The van der Waals surface area contributed by atoms with Crippen molar-refractivity contribution < 1.29 is 0 Å². The summed E-state index contributed by atoms with van der Waals surface area (Å²) in [7, 11) is 0. The first kappa shape index (κ1) is 22.2. The molecule has 2 saturated carbocycles. The van der Waals surface area contributed by atoms with Crippen molar-refractivity contribution in [2.75, 3.05) is 0 Å². The van der Waals surface area contributed by atoms with Crippen molar-refractivity contribution in [1.82, 2.24) is 0 Å². The van der Waals surface area contributed by atoms with E-state index in [4.69, 9.17) is 11.5 Å². The lowest BCUT2D eigenvalue weighted by atomic mass is 9.88. The van der Waals surface area contributed by atoms with E-state index in [1.54, 1.807) is 0 Å². The van der Waals surface area contributed by atoms with Crippen molar-refractivity contribution in [3.8, 4) is 0 Å². The van der Waals surface area contributed by atoms with Crippen LogP contribution in [-0.4, -0.2) is 12.1 Å². The van der Waals surface area contributed by atoms with Crippen LogP contribution in [0.3, 0.4) is 0 Å². The van der Waals surface area contributed by atoms with Crippen LogP contribution in [0, 0.1) is 11.8 Å². The summed E-state index contributed by atoms with van der Waals surface area (Å²) in [4.78, 5) is 0. The molecule has 0 aromatic heterocycles. The zero-order valence-electron chi connectivity index (χ0n) is 17.6. The van der Waals surface area contributed by atoms with Crippen molar-refractivity contribution >= 4 is 0 Å². The normalized spacial score (nSPS) is 23.3. The fourth-order valence-corrected chi connectivity index (χ4v) is 5.42.